The van der Waals surface area contributed by atoms with Crippen molar-refractivity contribution in [1.29, 1.82) is 0 Å². The molecule has 0 amide bonds. The van der Waals surface area contributed by atoms with Crippen LogP contribution in [0.2, 0.25) is 0 Å². The highest BCUT2D eigenvalue weighted by Crippen LogP contribution is 2.36. The lowest BCUT2D eigenvalue weighted by Gasteiger charge is -2.14. The van der Waals surface area contributed by atoms with Crippen LogP contribution in [0.4, 0.5) is 0 Å². The van der Waals surface area contributed by atoms with Crippen molar-refractivity contribution in [2.75, 3.05) is 13.7 Å². The predicted molar refractivity (Wildman–Crippen MR) is 126 cm³/mol. The molecule has 4 rings (SSSR count). The number of ether oxygens (including phenoxy) is 3. The van der Waals surface area contributed by atoms with Gasteiger partial charge in [0.1, 0.15) is 23.0 Å². The van der Waals surface area contributed by atoms with Gasteiger partial charge in [0.2, 0.25) is 9.84 Å². The molecule has 9 heteroatoms. The molecule has 0 saturated carbocycles. The first-order valence-corrected chi connectivity index (χ1v) is 11.8. The van der Waals surface area contributed by atoms with Gasteiger partial charge in [-0.1, -0.05) is 0 Å². The molecule has 0 aliphatic carbocycles. The second-order valence-electron chi connectivity index (χ2n) is 7.71. The highest BCUT2D eigenvalue weighted by Gasteiger charge is 2.22. The molecule has 2 N–H and O–H groups in total. The first-order chi connectivity index (χ1) is 16.2. The summed E-state index contributed by atoms with van der Waals surface area (Å²) >= 11 is 0. The summed E-state index contributed by atoms with van der Waals surface area (Å²) in [6.45, 7) is 3.21. The van der Waals surface area contributed by atoms with Crippen LogP contribution in [0, 0.1) is 13.8 Å². The summed E-state index contributed by atoms with van der Waals surface area (Å²) in [5.41, 5.74) is 2.16. The van der Waals surface area contributed by atoms with Gasteiger partial charge in [-0.25, -0.2) is 13.2 Å². The van der Waals surface area contributed by atoms with Crippen molar-refractivity contribution in [2.24, 2.45) is 0 Å². The van der Waals surface area contributed by atoms with Gasteiger partial charge in [0.05, 0.1) is 16.9 Å². The predicted octanol–water partition coefficient (Wildman–Crippen LogP) is 4.88. The molecule has 0 atom stereocenters. The van der Waals surface area contributed by atoms with Gasteiger partial charge in [-0.3, -0.25) is 0 Å². The number of fused-ring (bicyclic) bond motifs is 1. The molecule has 0 radical (unpaired) electrons. The van der Waals surface area contributed by atoms with Crippen molar-refractivity contribution in [3.63, 3.8) is 0 Å². The lowest BCUT2D eigenvalue weighted by molar-refractivity contribution is -0.139. The van der Waals surface area contributed by atoms with Gasteiger partial charge in [-0.05, 0) is 79.6 Å². The van der Waals surface area contributed by atoms with Gasteiger partial charge < -0.3 is 24.3 Å². The van der Waals surface area contributed by atoms with Crippen LogP contribution in [0.15, 0.2) is 70.6 Å². The molecule has 34 heavy (non-hydrogen) atoms. The molecule has 0 bridgehead atoms. The number of methoxy groups -OCH3 is 1. The van der Waals surface area contributed by atoms with E-state index >= 15 is 0 Å². The van der Waals surface area contributed by atoms with Crippen molar-refractivity contribution < 1.29 is 32.5 Å². The van der Waals surface area contributed by atoms with E-state index < -0.39 is 22.4 Å². The molecule has 0 aliphatic rings. The van der Waals surface area contributed by atoms with E-state index in [9.17, 15) is 13.2 Å². The number of benzene rings is 3. The number of H-pyrrole nitrogens is 1. The average Bonchev–Trinajstić information content (AvgIpc) is 3.24. The normalized spacial score (nSPS) is 11.4. The highest BCUT2D eigenvalue weighted by molar-refractivity contribution is 7.91. The molecule has 0 spiro atoms. The molecule has 0 unspecified atom stereocenters. The summed E-state index contributed by atoms with van der Waals surface area (Å²) in [7, 11) is -2.26. The molecule has 1 aromatic heterocycles. The Kier molecular flexibility index (Phi) is 6.21. The molecule has 176 valence electrons. The maximum atomic E-state index is 13.3. The van der Waals surface area contributed by atoms with Crippen molar-refractivity contribution in [2.45, 2.75) is 23.6 Å². The second-order valence-corrected chi connectivity index (χ2v) is 9.63. The third kappa shape index (κ3) is 4.55. The number of aromatic nitrogens is 1. The van der Waals surface area contributed by atoms with Crippen LogP contribution in [0.1, 0.15) is 11.1 Å². The molecule has 0 saturated heterocycles. The second kappa shape index (κ2) is 9.11. The standard InChI is InChI=1S/C25H23NO7S/c1-15-10-19(32-14-24(27)28)11-16(2)25(15)33-18-6-9-22-21(12-18)23(13-26-22)34(29,30)20-7-4-17(31-3)5-8-20/h4-13,26H,14H2,1-3H3,(H,27,28). The van der Waals surface area contributed by atoms with E-state index in [1.165, 1.54) is 25.4 Å². The van der Waals surface area contributed by atoms with Gasteiger partial charge in [-0.15, -0.1) is 0 Å². The summed E-state index contributed by atoms with van der Waals surface area (Å²) in [5, 5.41) is 9.31. The number of carboxylic acid groups (broad SMARTS) is 1. The minimum atomic E-state index is -3.78. The fourth-order valence-corrected chi connectivity index (χ4v) is 5.08. The fraction of sp³-hybridized carbons (Fsp3) is 0.160. The molecule has 8 nitrogen and oxygen atoms in total. The van der Waals surface area contributed by atoms with E-state index in [1.54, 1.807) is 42.5 Å². The summed E-state index contributed by atoms with van der Waals surface area (Å²) in [5.74, 6) is 0.981. The van der Waals surface area contributed by atoms with Gasteiger partial charge in [0.25, 0.3) is 0 Å². The van der Waals surface area contributed by atoms with Crippen molar-refractivity contribution in [3.8, 4) is 23.0 Å². The Hall–Kier alpha value is -3.98. The highest BCUT2D eigenvalue weighted by atomic mass is 32.2. The van der Waals surface area contributed by atoms with Crippen LogP contribution in [0.5, 0.6) is 23.0 Å². The summed E-state index contributed by atoms with van der Waals surface area (Å²) < 4.78 is 43.0. The SMILES string of the molecule is COc1ccc(S(=O)(=O)c2c[nH]c3ccc(Oc4c(C)cc(OCC(=O)O)cc4C)cc23)cc1. The minimum absolute atomic E-state index is 0.143. The molecular formula is C25H23NO7S. The zero-order chi connectivity index (χ0) is 24.5. The Morgan fingerprint density at radius 1 is 0.941 bits per heavy atom. The molecule has 0 fully saturated rings. The number of rotatable bonds is 8. The Labute approximate surface area is 196 Å². The topological polar surface area (TPSA) is 115 Å². The van der Waals surface area contributed by atoms with Gasteiger partial charge >= 0.3 is 5.97 Å². The van der Waals surface area contributed by atoms with Crippen LogP contribution in [0.25, 0.3) is 10.9 Å². The van der Waals surface area contributed by atoms with Crippen molar-refractivity contribution in [3.05, 3.63) is 71.9 Å². The summed E-state index contributed by atoms with van der Waals surface area (Å²) in [6, 6.07) is 14.8. The van der Waals surface area contributed by atoms with E-state index in [4.69, 9.17) is 19.3 Å². The smallest absolute Gasteiger partial charge is 0.341 e. The number of nitrogens with one attached hydrogen (secondary N) is 1. The number of carboxylic acids is 1. The quantitative estimate of drug-likeness (QED) is 0.368. The Balaban J connectivity index is 1.67. The monoisotopic (exact) mass is 481 g/mol. The number of aromatic amines is 1. The molecule has 3 aromatic carbocycles. The van der Waals surface area contributed by atoms with E-state index in [0.29, 0.717) is 33.9 Å². The third-order valence-electron chi connectivity index (χ3n) is 5.29. The lowest BCUT2D eigenvalue weighted by Crippen LogP contribution is -2.09. The number of carbonyl (C=O) groups is 1. The molecule has 1 heterocycles. The first-order valence-electron chi connectivity index (χ1n) is 10.3. The number of aliphatic carboxylic acids is 1. The molecule has 4 aromatic rings. The third-order valence-corrected chi connectivity index (χ3v) is 7.10. The number of aryl methyl sites for hydroxylation is 2. The lowest BCUT2D eigenvalue weighted by atomic mass is 10.1. The van der Waals surface area contributed by atoms with Crippen LogP contribution in [0.3, 0.4) is 0 Å². The zero-order valence-corrected chi connectivity index (χ0v) is 19.6. The van der Waals surface area contributed by atoms with E-state index in [2.05, 4.69) is 4.98 Å². The van der Waals surface area contributed by atoms with Crippen LogP contribution < -0.4 is 14.2 Å². The van der Waals surface area contributed by atoms with Gasteiger partial charge in [0.15, 0.2) is 6.61 Å². The van der Waals surface area contributed by atoms with Gasteiger partial charge in [0, 0.05) is 17.1 Å². The summed E-state index contributed by atoms with van der Waals surface area (Å²) in [6.07, 6.45) is 1.47. The Bertz CT molecular complexity index is 1450. The maximum Gasteiger partial charge on any atom is 0.341 e. The van der Waals surface area contributed by atoms with Gasteiger partial charge in [-0.2, -0.15) is 0 Å². The van der Waals surface area contributed by atoms with Crippen LogP contribution in [-0.4, -0.2) is 38.2 Å². The molecular weight excluding hydrogens is 458 g/mol. The first kappa shape index (κ1) is 23.2. The summed E-state index contributed by atoms with van der Waals surface area (Å²) in [4.78, 5) is 14.1. The zero-order valence-electron chi connectivity index (χ0n) is 18.8. The van der Waals surface area contributed by atoms with Crippen LogP contribution >= 0.6 is 0 Å². The number of hydrogen-bond donors (Lipinski definition) is 2. The fourth-order valence-electron chi connectivity index (χ4n) is 3.66. The van der Waals surface area contributed by atoms with E-state index in [-0.39, 0.29) is 9.79 Å². The maximum absolute atomic E-state index is 13.3. The largest absolute Gasteiger partial charge is 0.497 e. The van der Waals surface area contributed by atoms with E-state index in [0.717, 1.165) is 11.1 Å². The van der Waals surface area contributed by atoms with E-state index in [1.807, 2.05) is 13.8 Å². The Morgan fingerprint density at radius 2 is 1.59 bits per heavy atom. The van der Waals surface area contributed by atoms with Crippen LogP contribution in [-0.2, 0) is 14.6 Å². The minimum Gasteiger partial charge on any atom is -0.497 e. The average molecular weight is 482 g/mol. The number of hydrogen-bond acceptors (Lipinski definition) is 6. The molecule has 0 aliphatic heterocycles. The Morgan fingerprint density at radius 3 is 2.21 bits per heavy atom. The van der Waals surface area contributed by atoms with Crippen molar-refractivity contribution in [1.82, 2.24) is 4.98 Å². The number of sulfone groups is 1. The van der Waals surface area contributed by atoms with Crippen molar-refractivity contribution >= 4 is 26.7 Å².